The first-order chi connectivity index (χ1) is 14.7. The largest absolute Gasteiger partial charge is 0.340 e. The fourth-order valence-corrected chi connectivity index (χ4v) is 3.31. The van der Waals surface area contributed by atoms with E-state index in [0.717, 1.165) is 22.2 Å². The minimum absolute atomic E-state index is 0.110. The van der Waals surface area contributed by atoms with Crippen molar-refractivity contribution in [3.8, 4) is 0 Å². The molecule has 2 amide bonds. The average Bonchev–Trinajstić information content (AvgIpc) is 2.95. The fourth-order valence-electron chi connectivity index (χ4n) is 3.31. The van der Waals surface area contributed by atoms with E-state index in [1.165, 1.54) is 6.21 Å². The molecule has 2 N–H and O–H groups in total. The molecule has 1 atom stereocenters. The predicted octanol–water partition coefficient (Wildman–Crippen LogP) is 2.09. The van der Waals surface area contributed by atoms with Gasteiger partial charge in [-0.25, -0.2) is 10.2 Å². The second kappa shape index (κ2) is 8.99. The second-order valence-corrected chi connectivity index (χ2v) is 7.94. The Morgan fingerprint density at radius 3 is 2.29 bits per heavy atom. The lowest BCUT2D eigenvalue weighted by atomic mass is 10.0. The highest BCUT2D eigenvalue weighted by atomic mass is 16.2. The Morgan fingerprint density at radius 2 is 1.65 bits per heavy atom. The monoisotopic (exact) mass is 421 g/mol. The van der Waals surface area contributed by atoms with E-state index in [4.69, 9.17) is 0 Å². The van der Waals surface area contributed by atoms with Crippen LogP contribution in [-0.2, 0) is 18.9 Å². The SMILES string of the molecule is Cc1ccc(C(=O)NC(C(=O)N/N=C\c2ccc3c(c2)n(C)c(=O)n3C)C(C)C)cc1. The Bertz CT molecular complexity index is 1200. The van der Waals surface area contributed by atoms with Crippen molar-refractivity contribution in [2.75, 3.05) is 0 Å². The molecule has 8 nitrogen and oxygen atoms in total. The summed E-state index contributed by atoms with van der Waals surface area (Å²) in [4.78, 5) is 37.2. The number of aromatic nitrogens is 2. The quantitative estimate of drug-likeness (QED) is 0.471. The molecule has 0 fully saturated rings. The average molecular weight is 422 g/mol. The molecule has 8 heteroatoms. The van der Waals surface area contributed by atoms with Gasteiger partial charge in [0, 0.05) is 19.7 Å². The van der Waals surface area contributed by atoms with Crippen molar-refractivity contribution in [1.82, 2.24) is 19.9 Å². The van der Waals surface area contributed by atoms with Crippen LogP contribution in [0, 0.1) is 12.8 Å². The lowest BCUT2D eigenvalue weighted by Crippen LogP contribution is -2.48. The summed E-state index contributed by atoms with van der Waals surface area (Å²) < 4.78 is 3.13. The summed E-state index contributed by atoms with van der Waals surface area (Å²) in [6.07, 6.45) is 1.51. The van der Waals surface area contributed by atoms with Crippen molar-refractivity contribution in [3.63, 3.8) is 0 Å². The molecule has 162 valence electrons. The Balaban J connectivity index is 1.69. The maximum absolute atomic E-state index is 12.6. The number of nitrogens with zero attached hydrogens (tertiary/aromatic N) is 3. The molecule has 0 aliphatic heterocycles. The molecule has 0 aliphatic carbocycles. The third kappa shape index (κ3) is 4.74. The molecule has 1 heterocycles. The number of amides is 2. The van der Waals surface area contributed by atoms with E-state index < -0.39 is 11.9 Å². The molecule has 0 bridgehead atoms. The fraction of sp³-hybridized carbons (Fsp3) is 0.304. The molecular formula is C23H27N5O3. The number of rotatable bonds is 6. The number of carbonyl (C=O) groups is 2. The molecule has 0 saturated carbocycles. The van der Waals surface area contributed by atoms with Crippen LogP contribution in [0.4, 0.5) is 0 Å². The number of hydrazone groups is 1. The summed E-state index contributed by atoms with van der Waals surface area (Å²) in [5, 5.41) is 6.81. The van der Waals surface area contributed by atoms with E-state index in [1.807, 2.05) is 51.1 Å². The van der Waals surface area contributed by atoms with Gasteiger partial charge in [0.2, 0.25) is 0 Å². The molecule has 0 aliphatic rings. The van der Waals surface area contributed by atoms with Gasteiger partial charge in [0.05, 0.1) is 17.2 Å². The Hall–Kier alpha value is -3.68. The summed E-state index contributed by atoms with van der Waals surface area (Å²) in [6.45, 7) is 5.65. The number of aryl methyl sites for hydroxylation is 3. The maximum atomic E-state index is 12.6. The van der Waals surface area contributed by atoms with Crippen molar-refractivity contribution >= 4 is 29.1 Å². The minimum Gasteiger partial charge on any atom is -0.340 e. The van der Waals surface area contributed by atoms with Gasteiger partial charge in [0.15, 0.2) is 0 Å². The highest BCUT2D eigenvalue weighted by Gasteiger charge is 2.24. The molecular weight excluding hydrogens is 394 g/mol. The molecule has 3 rings (SSSR count). The Morgan fingerprint density at radius 1 is 1.00 bits per heavy atom. The Labute approximate surface area is 180 Å². The first kappa shape index (κ1) is 22.0. The normalized spacial score (nSPS) is 12.5. The van der Waals surface area contributed by atoms with Crippen molar-refractivity contribution in [2.45, 2.75) is 26.8 Å². The number of hydrogen-bond donors (Lipinski definition) is 2. The number of imidazole rings is 1. The van der Waals surface area contributed by atoms with Crippen molar-refractivity contribution < 1.29 is 9.59 Å². The van der Waals surface area contributed by atoms with Crippen LogP contribution < -0.4 is 16.4 Å². The van der Waals surface area contributed by atoms with Gasteiger partial charge in [0.25, 0.3) is 11.8 Å². The molecule has 0 saturated heterocycles. The summed E-state index contributed by atoms with van der Waals surface area (Å²) in [5.74, 6) is -0.840. The first-order valence-corrected chi connectivity index (χ1v) is 10.0. The third-order valence-electron chi connectivity index (χ3n) is 5.23. The lowest BCUT2D eigenvalue weighted by Gasteiger charge is -2.20. The van der Waals surface area contributed by atoms with Crippen molar-refractivity contribution in [2.24, 2.45) is 25.1 Å². The van der Waals surface area contributed by atoms with E-state index in [0.29, 0.717) is 5.56 Å². The summed E-state index contributed by atoms with van der Waals surface area (Å²) in [6, 6.07) is 11.9. The van der Waals surface area contributed by atoms with Crippen LogP contribution in [0.15, 0.2) is 52.4 Å². The minimum atomic E-state index is -0.733. The van der Waals surface area contributed by atoms with Crippen molar-refractivity contribution in [1.29, 1.82) is 0 Å². The molecule has 31 heavy (non-hydrogen) atoms. The third-order valence-corrected chi connectivity index (χ3v) is 5.23. The first-order valence-electron chi connectivity index (χ1n) is 10.0. The topological polar surface area (TPSA) is 97.5 Å². The summed E-state index contributed by atoms with van der Waals surface area (Å²) in [7, 11) is 3.42. The van der Waals surface area contributed by atoms with Crippen LogP contribution in [0.3, 0.4) is 0 Å². The van der Waals surface area contributed by atoms with E-state index >= 15 is 0 Å². The zero-order chi connectivity index (χ0) is 22.7. The van der Waals surface area contributed by atoms with Gasteiger partial charge in [0.1, 0.15) is 6.04 Å². The highest BCUT2D eigenvalue weighted by Crippen LogP contribution is 2.13. The molecule has 3 aromatic rings. The number of carbonyl (C=O) groups excluding carboxylic acids is 2. The van der Waals surface area contributed by atoms with Crippen LogP contribution in [0.2, 0.25) is 0 Å². The zero-order valence-corrected chi connectivity index (χ0v) is 18.3. The molecule has 1 unspecified atom stereocenters. The van der Waals surface area contributed by atoms with Gasteiger partial charge in [-0.15, -0.1) is 0 Å². The van der Waals surface area contributed by atoms with Gasteiger partial charge in [-0.3, -0.25) is 18.7 Å². The molecule has 0 radical (unpaired) electrons. The van der Waals surface area contributed by atoms with Gasteiger partial charge >= 0.3 is 5.69 Å². The zero-order valence-electron chi connectivity index (χ0n) is 18.3. The number of hydrogen-bond acceptors (Lipinski definition) is 4. The number of benzene rings is 2. The molecule has 2 aromatic carbocycles. The second-order valence-electron chi connectivity index (χ2n) is 7.94. The summed E-state index contributed by atoms with van der Waals surface area (Å²) >= 11 is 0. The molecule has 1 aromatic heterocycles. The summed E-state index contributed by atoms with van der Waals surface area (Å²) in [5.41, 5.74) is 6.26. The standard InChI is InChI=1S/C23H27N5O3/c1-14(2)20(25-21(29)17-9-6-15(3)7-10-17)22(30)26-24-13-16-8-11-18-19(12-16)28(5)23(31)27(18)4/h6-14,20H,1-5H3,(H,25,29)(H,26,30)/b24-13-. The van der Waals surface area contributed by atoms with E-state index in [2.05, 4.69) is 15.8 Å². The number of fused-ring (bicyclic) bond motifs is 1. The highest BCUT2D eigenvalue weighted by molar-refractivity contribution is 5.97. The predicted molar refractivity (Wildman–Crippen MR) is 121 cm³/mol. The van der Waals surface area contributed by atoms with Gasteiger partial charge < -0.3 is 5.32 Å². The van der Waals surface area contributed by atoms with Crippen LogP contribution in [0.1, 0.15) is 35.3 Å². The van der Waals surface area contributed by atoms with E-state index in [1.54, 1.807) is 35.4 Å². The molecule has 0 spiro atoms. The van der Waals surface area contributed by atoms with Crippen LogP contribution in [0.5, 0.6) is 0 Å². The van der Waals surface area contributed by atoms with E-state index in [-0.39, 0.29) is 17.5 Å². The van der Waals surface area contributed by atoms with Gasteiger partial charge in [-0.05, 0) is 42.7 Å². The lowest BCUT2D eigenvalue weighted by molar-refractivity contribution is -0.123. The Kier molecular flexibility index (Phi) is 6.39. The van der Waals surface area contributed by atoms with Crippen LogP contribution in [0.25, 0.3) is 11.0 Å². The van der Waals surface area contributed by atoms with E-state index in [9.17, 15) is 14.4 Å². The van der Waals surface area contributed by atoms with Crippen LogP contribution >= 0.6 is 0 Å². The van der Waals surface area contributed by atoms with Crippen molar-refractivity contribution in [3.05, 3.63) is 69.6 Å². The van der Waals surface area contributed by atoms with Gasteiger partial charge in [-0.1, -0.05) is 37.6 Å². The van der Waals surface area contributed by atoms with Crippen LogP contribution in [-0.4, -0.2) is 33.2 Å². The van der Waals surface area contributed by atoms with Gasteiger partial charge in [-0.2, -0.15) is 5.10 Å². The maximum Gasteiger partial charge on any atom is 0.328 e. The smallest absolute Gasteiger partial charge is 0.328 e. The number of nitrogens with one attached hydrogen (secondary N) is 2.